The predicted octanol–water partition coefficient (Wildman–Crippen LogP) is 3.12. The molecule has 0 aliphatic heterocycles. The molecule has 0 saturated carbocycles. The van der Waals surface area contributed by atoms with Crippen molar-refractivity contribution in [3.8, 4) is 11.5 Å². The molecule has 0 atom stereocenters. The van der Waals surface area contributed by atoms with Crippen LogP contribution in [0.3, 0.4) is 0 Å². The van der Waals surface area contributed by atoms with Gasteiger partial charge in [-0.1, -0.05) is 46.7 Å². The van der Waals surface area contributed by atoms with Crippen LogP contribution < -0.4 is 9.68 Å². The minimum Gasteiger partial charge on any atom is -0.357 e. The van der Waals surface area contributed by atoms with Crippen molar-refractivity contribution in [3.63, 3.8) is 0 Å². The van der Waals surface area contributed by atoms with Gasteiger partial charge in [-0.15, -0.1) is 0 Å². The monoisotopic (exact) mass is 240 g/mol. The standard InChI is InChI=1S/C14H12N2O2/c1-3-7-13(8-4-1)17-15-11-12-16-18-14-9-5-2-6-10-14/h1-12H/b15-11+,16-12+. The second kappa shape index (κ2) is 6.85. The van der Waals surface area contributed by atoms with Gasteiger partial charge in [0.15, 0.2) is 11.5 Å². The van der Waals surface area contributed by atoms with E-state index >= 15 is 0 Å². The Bertz CT molecular complexity index is 460. The molecular weight excluding hydrogens is 228 g/mol. The van der Waals surface area contributed by atoms with Crippen LogP contribution in [0.4, 0.5) is 0 Å². The Hall–Kier alpha value is -2.62. The highest BCUT2D eigenvalue weighted by atomic mass is 16.6. The predicted molar refractivity (Wildman–Crippen MR) is 71.1 cm³/mol. The number of hydrogen-bond donors (Lipinski definition) is 0. The molecule has 2 aromatic rings. The highest BCUT2D eigenvalue weighted by molar-refractivity contribution is 6.15. The molecule has 90 valence electrons. The van der Waals surface area contributed by atoms with Crippen molar-refractivity contribution in [1.29, 1.82) is 0 Å². The average Bonchev–Trinajstić information content (AvgIpc) is 2.45. The summed E-state index contributed by atoms with van der Waals surface area (Å²) in [4.78, 5) is 10.2. The lowest BCUT2D eigenvalue weighted by Gasteiger charge is -1.95. The molecule has 18 heavy (non-hydrogen) atoms. The summed E-state index contributed by atoms with van der Waals surface area (Å²) in [5.41, 5.74) is 0. The largest absolute Gasteiger partial charge is 0.357 e. The number of benzene rings is 2. The van der Waals surface area contributed by atoms with E-state index in [1.54, 1.807) is 0 Å². The van der Waals surface area contributed by atoms with Gasteiger partial charge in [0.25, 0.3) is 0 Å². The van der Waals surface area contributed by atoms with Crippen LogP contribution >= 0.6 is 0 Å². The summed E-state index contributed by atoms with van der Waals surface area (Å²) in [5, 5.41) is 7.44. The van der Waals surface area contributed by atoms with Gasteiger partial charge in [-0.05, 0) is 24.3 Å². The lowest BCUT2D eigenvalue weighted by molar-refractivity contribution is 0.340. The van der Waals surface area contributed by atoms with Gasteiger partial charge >= 0.3 is 0 Å². The third-order valence-electron chi connectivity index (χ3n) is 1.99. The second-order valence-electron chi connectivity index (χ2n) is 3.32. The topological polar surface area (TPSA) is 43.2 Å². The van der Waals surface area contributed by atoms with Gasteiger partial charge in [-0.2, -0.15) is 0 Å². The van der Waals surface area contributed by atoms with Crippen LogP contribution in [0.15, 0.2) is 71.0 Å². The van der Waals surface area contributed by atoms with Crippen molar-refractivity contribution in [2.75, 3.05) is 0 Å². The maximum Gasteiger partial charge on any atom is 0.157 e. The SMILES string of the molecule is C(/C=N/Oc1ccccc1)=N\Oc1ccccc1. The molecule has 0 spiro atoms. The zero-order chi connectivity index (χ0) is 12.5. The lowest BCUT2D eigenvalue weighted by atomic mass is 10.3. The Morgan fingerprint density at radius 3 is 1.39 bits per heavy atom. The molecule has 2 aromatic carbocycles. The quantitative estimate of drug-likeness (QED) is 0.595. The normalized spacial score (nSPS) is 10.9. The Morgan fingerprint density at radius 2 is 1.00 bits per heavy atom. The van der Waals surface area contributed by atoms with Crippen molar-refractivity contribution in [2.24, 2.45) is 10.3 Å². The Kier molecular flexibility index (Phi) is 4.51. The van der Waals surface area contributed by atoms with Gasteiger partial charge < -0.3 is 9.68 Å². The summed E-state index contributed by atoms with van der Waals surface area (Å²) in [5.74, 6) is 1.34. The molecular formula is C14H12N2O2. The molecule has 4 nitrogen and oxygen atoms in total. The zero-order valence-electron chi connectivity index (χ0n) is 9.64. The fourth-order valence-corrected chi connectivity index (χ4v) is 1.20. The maximum atomic E-state index is 5.08. The summed E-state index contributed by atoms with van der Waals surface area (Å²) < 4.78 is 0. The zero-order valence-corrected chi connectivity index (χ0v) is 9.64. The van der Waals surface area contributed by atoms with Crippen LogP contribution in [0.25, 0.3) is 0 Å². The highest BCUT2D eigenvalue weighted by Gasteiger charge is 1.87. The fraction of sp³-hybridized carbons (Fsp3) is 0. The molecule has 0 unspecified atom stereocenters. The van der Waals surface area contributed by atoms with Crippen molar-refractivity contribution in [3.05, 3.63) is 60.7 Å². The maximum absolute atomic E-state index is 5.08. The molecule has 0 aromatic heterocycles. The fourth-order valence-electron chi connectivity index (χ4n) is 1.20. The molecule has 0 saturated heterocycles. The lowest BCUT2D eigenvalue weighted by Crippen LogP contribution is -1.88. The third-order valence-corrected chi connectivity index (χ3v) is 1.99. The van der Waals surface area contributed by atoms with E-state index in [2.05, 4.69) is 10.3 Å². The first-order valence-corrected chi connectivity index (χ1v) is 5.44. The molecule has 4 heteroatoms. The smallest absolute Gasteiger partial charge is 0.157 e. The molecule has 0 fully saturated rings. The number of rotatable bonds is 5. The molecule has 0 bridgehead atoms. The van der Waals surface area contributed by atoms with Crippen LogP contribution in [-0.2, 0) is 0 Å². The first kappa shape index (κ1) is 11.9. The van der Waals surface area contributed by atoms with Gasteiger partial charge in [0.05, 0.1) is 12.4 Å². The number of oxime groups is 2. The van der Waals surface area contributed by atoms with E-state index < -0.39 is 0 Å². The summed E-state index contributed by atoms with van der Waals surface area (Å²) in [6.07, 6.45) is 2.83. The molecule has 0 N–H and O–H groups in total. The summed E-state index contributed by atoms with van der Waals surface area (Å²) in [7, 11) is 0. The van der Waals surface area contributed by atoms with Crippen LogP contribution in [-0.4, -0.2) is 12.4 Å². The molecule has 0 amide bonds. The van der Waals surface area contributed by atoms with Crippen molar-refractivity contribution in [1.82, 2.24) is 0 Å². The van der Waals surface area contributed by atoms with Crippen molar-refractivity contribution >= 4 is 12.4 Å². The molecule has 0 aliphatic rings. The van der Waals surface area contributed by atoms with E-state index in [1.807, 2.05) is 60.7 Å². The van der Waals surface area contributed by atoms with Gasteiger partial charge in [0.1, 0.15) is 0 Å². The van der Waals surface area contributed by atoms with E-state index in [4.69, 9.17) is 9.68 Å². The summed E-state index contributed by atoms with van der Waals surface area (Å²) in [6.45, 7) is 0. The van der Waals surface area contributed by atoms with Crippen LogP contribution in [0.5, 0.6) is 11.5 Å². The summed E-state index contributed by atoms with van der Waals surface area (Å²) in [6, 6.07) is 18.6. The van der Waals surface area contributed by atoms with Crippen LogP contribution in [0, 0.1) is 0 Å². The van der Waals surface area contributed by atoms with Gasteiger partial charge in [-0.25, -0.2) is 0 Å². The molecule has 0 aliphatic carbocycles. The summed E-state index contributed by atoms with van der Waals surface area (Å²) >= 11 is 0. The molecule has 0 radical (unpaired) electrons. The van der Waals surface area contributed by atoms with E-state index in [-0.39, 0.29) is 0 Å². The average molecular weight is 240 g/mol. The van der Waals surface area contributed by atoms with Gasteiger partial charge in [0.2, 0.25) is 0 Å². The van der Waals surface area contributed by atoms with Crippen molar-refractivity contribution in [2.45, 2.75) is 0 Å². The van der Waals surface area contributed by atoms with Gasteiger partial charge in [0, 0.05) is 0 Å². The Morgan fingerprint density at radius 1 is 0.611 bits per heavy atom. The first-order chi connectivity index (χ1) is 8.95. The van der Waals surface area contributed by atoms with E-state index in [0.717, 1.165) is 0 Å². The molecule has 0 heterocycles. The minimum atomic E-state index is 0.672. The van der Waals surface area contributed by atoms with E-state index in [1.165, 1.54) is 12.4 Å². The van der Waals surface area contributed by atoms with Crippen LogP contribution in [0.2, 0.25) is 0 Å². The van der Waals surface area contributed by atoms with E-state index in [0.29, 0.717) is 11.5 Å². The second-order valence-corrected chi connectivity index (χ2v) is 3.32. The van der Waals surface area contributed by atoms with E-state index in [9.17, 15) is 0 Å². The van der Waals surface area contributed by atoms with Crippen LogP contribution in [0.1, 0.15) is 0 Å². The third kappa shape index (κ3) is 4.09. The highest BCUT2D eigenvalue weighted by Crippen LogP contribution is 2.08. The number of para-hydroxylation sites is 2. The Balaban J connectivity index is 1.75. The first-order valence-electron chi connectivity index (χ1n) is 5.44. The number of nitrogens with zero attached hydrogens (tertiary/aromatic N) is 2. The molecule has 2 rings (SSSR count). The Labute approximate surface area is 105 Å². The minimum absolute atomic E-state index is 0.672. The van der Waals surface area contributed by atoms with Gasteiger partial charge in [-0.3, -0.25) is 0 Å². The van der Waals surface area contributed by atoms with Crippen molar-refractivity contribution < 1.29 is 9.68 Å². The number of hydrogen-bond acceptors (Lipinski definition) is 4.